The molecule has 4 rings (SSSR count). The van der Waals surface area contributed by atoms with Gasteiger partial charge < -0.3 is 9.73 Å². The Bertz CT molecular complexity index is 1070. The van der Waals surface area contributed by atoms with Crippen LogP contribution in [0, 0.1) is 18.3 Å². The molecule has 1 aliphatic rings. The van der Waals surface area contributed by atoms with Gasteiger partial charge in [0.05, 0.1) is 5.56 Å². The largest absolute Gasteiger partial charge is 0.451 e. The van der Waals surface area contributed by atoms with E-state index in [0.29, 0.717) is 21.3 Å². The first kappa shape index (κ1) is 17.8. The number of hydrogen-bond acceptors (Lipinski definition) is 4. The van der Waals surface area contributed by atoms with E-state index in [1.54, 1.807) is 12.1 Å². The molecule has 3 aromatic rings. The maximum atomic E-state index is 12.7. The summed E-state index contributed by atoms with van der Waals surface area (Å²) in [5, 5.41) is 13.7. The minimum atomic E-state index is -0.351. The molecule has 1 aliphatic carbocycles. The molecule has 4 nitrogen and oxygen atoms in total. The van der Waals surface area contributed by atoms with Crippen LogP contribution in [0.25, 0.3) is 11.3 Å². The van der Waals surface area contributed by atoms with E-state index in [0.717, 1.165) is 42.4 Å². The normalized spacial score (nSPS) is 13.1. The second kappa shape index (κ2) is 7.22. The third-order valence-electron chi connectivity index (χ3n) is 4.87. The number of nitrogens with zero attached hydrogens (tertiary/aromatic N) is 1. The quantitative estimate of drug-likeness (QED) is 0.592. The zero-order valence-electron chi connectivity index (χ0n) is 14.8. The third kappa shape index (κ3) is 3.27. The molecule has 0 saturated heterocycles. The first-order valence-corrected chi connectivity index (χ1v) is 9.99. The van der Waals surface area contributed by atoms with Crippen LogP contribution in [0.5, 0.6) is 0 Å². The lowest BCUT2D eigenvalue weighted by Crippen LogP contribution is -2.10. The van der Waals surface area contributed by atoms with E-state index in [9.17, 15) is 10.1 Å². The van der Waals surface area contributed by atoms with Crippen molar-refractivity contribution in [3.8, 4) is 17.4 Å². The van der Waals surface area contributed by atoms with Crippen molar-refractivity contribution in [3.05, 3.63) is 62.7 Å². The van der Waals surface area contributed by atoms with Gasteiger partial charge in [-0.3, -0.25) is 4.79 Å². The highest BCUT2D eigenvalue weighted by molar-refractivity contribution is 7.16. The Balaban J connectivity index is 1.60. The molecule has 1 aromatic carbocycles. The van der Waals surface area contributed by atoms with Gasteiger partial charge in [0.15, 0.2) is 5.76 Å². The summed E-state index contributed by atoms with van der Waals surface area (Å²) < 4.78 is 5.77. The number of amides is 1. The number of furan rings is 1. The van der Waals surface area contributed by atoms with Gasteiger partial charge in [-0.2, -0.15) is 5.26 Å². The van der Waals surface area contributed by atoms with Gasteiger partial charge in [-0.25, -0.2) is 0 Å². The highest BCUT2D eigenvalue weighted by Crippen LogP contribution is 2.38. The molecule has 0 fully saturated rings. The molecule has 6 heteroatoms. The summed E-state index contributed by atoms with van der Waals surface area (Å²) >= 11 is 7.68. The number of rotatable bonds is 3. The van der Waals surface area contributed by atoms with Gasteiger partial charge in [0.2, 0.25) is 0 Å². The van der Waals surface area contributed by atoms with Crippen molar-refractivity contribution in [2.75, 3.05) is 5.32 Å². The summed E-state index contributed by atoms with van der Waals surface area (Å²) in [6, 6.07) is 11.2. The highest BCUT2D eigenvalue weighted by Gasteiger charge is 2.23. The van der Waals surface area contributed by atoms with Crippen molar-refractivity contribution < 1.29 is 9.21 Å². The molecule has 0 saturated carbocycles. The Kier molecular flexibility index (Phi) is 4.77. The molecular formula is C21H17ClN2O2S. The Morgan fingerprint density at radius 2 is 2.07 bits per heavy atom. The number of halogens is 1. The van der Waals surface area contributed by atoms with Crippen molar-refractivity contribution >= 4 is 33.8 Å². The first-order chi connectivity index (χ1) is 13.1. The minimum Gasteiger partial charge on any atom is -0.451 e. The van der Waals surface area contributed by atoms with Gasteiger partial charge in [0.25, 0.3) is 5.91 Å². The molecule has 0 radical (unpaired) electrons. The van der Waals surface area contributed by atoms with Crippen LogP contribution < -0.4 is 5.32 Å². The fraction of sp³-hybridized carbons (Fsp3) is 0.238. The van der Waals surface area contributed by atoms with E-state index in [2.05, 4.69) is 11.4 Å². The molecule has 0 spiro atoms. The second-order valence-electron chi connectivity index (χ2n) is 6.56. The third-order valence-corrected chi connectivity index (χ3v) is 6.49. The van der Waals surface area contributed by atoms with Crippen molar-refractivity contribution in [2.45, 2.75) is 32.6 Å². The SMILES string of the molecule is Cc1c(Cl)cccc1-c1ccc(C(=O)Nc2sc3c(c2C#N)CCCC3)o1. The number of carbonyl (C=O) groups excluding carboxylic acids is 1. The summed E-state index contributed by atoms with van der Waals surface area (Å²) in [4.78, 5) is 13.9. The predicted octanol–water partition coefficient (Wildman–Crippen LogP) is 5.97. The maximum Gasteiger partial charge on any atom is 0.292 e. The number of fused-ring (bicyclic) bond motifs is 1. The zero-order valence-corrected chi connectivity index (χ0v) is 16.3. The summed E-state index contributed by atoms with van der Waals surface area (Å²) in [7, 11) is 0. The Morgan fingerprint density at radius 1 is 1.26 bits per heavy atom. The van der Waals surface area contributed by atoms with Crippen LogP contribution in [0.1, 0.15) is 45.0 Å². The lowest BCUT2D eigenvalue weighted by Gasteiger charge is -2.09. The molecule has 2 heterocycles. The number of anilines is 1. The van der Waals surface area contributed by atoms with Crippen LogP contribution in [0.2, 0.25) is 5.02 Å². The van der Waals surface area contributed by atoms with Crippen LogP contribution in [0.3, 0.4) is 0 Å². The van der Waals surface area contributed by atoms with E-state index in [1.807, 2.05) is 25.1 Å². The number of nitrogens with one attached hydrogen (secondary N) is 1. The lowest BCUT2D eigenvalue weighted by molar-refractivity contribution is 0.0998. The maximum absolute atomic E-state index is 12.7. The van der Waals surface area contributed by atoms with Crippen molar-refractivity contribution in [3.63, 3.8) is 0 Å². The second-order valence-corrected chi connectivity index (χ2v) is 8.07. The number of hydrogen-bond donors (Lipinski definition) is 1. The monoisotopic (exact) mass is 396 g/mol. The molecule has 1 amide bonds. The molecule has 2 aromatic heterocycles. The van der Waals surface area contributed by atoms with Gasteiger partial charge in [-0.15, -0.1) is 11.3 Å². The van der Waals surface area contributed by atoms with Gasteiger partial charge in [0.1, 0.15) is 16.8 Å². The van der Waals surface area contributed by atoms with Gasteiger partial charge in [0, 0.05) is 15.5 Å². The Hall–Kier alpha value is -2.55. The van der Waals surface area contributed by atoms with Gasteiger partial charge >= 0.3 is 0 Å². The van der Waals surface area contributed by atoms with E-state index in [4.69, 9.17) is 16.0 Å². The van der Waals surface area contributed by atoms with Crippen molar-refractivity contribution in [1.82, 2.24) is 0 Å². The number of carbonyl (C=O) groups is 1. The summed E-state index contributed by atoms with van der Waals surface area (Å²) in [6.07, 6.45) is 4.10. The molecule has 0 aliphatic heterocycles. The summed E-state index contributed by atoms with van der Waals surface area (Å²) in [5.41, 5.74) is 3.45. The van der Waals surface area contributed by atoms with E-state index in [-0.39, 0.29) is 11.7 Å². The average molecular weight is 397 g/mol. The van der Waals surface area contributed by atoms with Crippen LogP contribution in [0.15, 0.2) is 34.7 Å². The lowest BCUT2D eigenvalue weighted by atomic mass is 9.96. The predicted molar refractivity (Wildman–Crippen MR) is 108 cm³/mol. The fourth-order valence-corrected chi connectivity index (χ4v) is 4.83. The zero-order chi connectivity index (χ0) is 19.0. The fourth-order valence-electron chi connectivity index (χ4n) is 3.42. The number of thiophene rings is 1. The Morgan fingerprint density at radius 3 is 2.89 bits per heavy atom. The minimum absolute atomic E-state index is 0.208. The van der Waals surface area contributed by atoms with E-state index in [1.165, 1.54) is 16.2 Å². The first-order valence-electron chi connectivity index (χ1n) is 8.80. The number of nitriles is 1. The standard InChI is InChI=1S/C21H17ClN2O2S/c1-12-13(6-4-7-16(12)22)17-9-10-18(26-17)20(25)24-21-15(11-23)14-5-2-3-8-19(14)27-21/h4,6-7,9-10H,2-3,5,8H2,1H3,(H,24,25). The average Bonchev–Trinajstić information content (AvgIpc) is 3.28. The van der Waals surface area contributed by atoms with E-state index >= 15 is 0 Å². The molecule has 136 valence electrons. The number of benzene rings is 1. The topological polar surface area (TPSA) is 66.0 Å². The van der Waals surface area contributed by atoms with Crippen molar-refractivity contribution in [1.29, 1.82) is 5.26 Å². The van der Waals surface area contributed by atoms with Gasteiger partial charge in [-0.05, 0) is 61.9 Å². The summed E-state index contributed by atoms with van der Waals surface area (Å²) in [6.45, 7) is 1.91. The van der Waals surface area contributed by atoms with Crippen LogP contribution in [-0.2, 0) is 12.8 Å². The molecule has 0 atom stereocenters. The van der Waals surface area contributed by atoms with Crippen molar-refractivity contribution in [2.24, 2.45) is 0 Å². The molecule has 0 bridgehead atoms. The van der Waals surface area contributed by atoms with Crippen LogP contribution in [-0.4, -0.2) is 5.91 Å². The molecule has 1 N–H and O–H groups in total. The van der Waals surface area contributed by atoms with E-state index < -0.39 is 0 Å². The molecule has 27 heavy (non-hydrogen) atoms. The molecular weight excluding hydrogens is 380 g/mol. The highest BCUT2D eigenvalue weighted by atomic mass is 35.5. The van der Waals surface area contributed by atoms with Gasteiger partial charge in [-0.1, -0.05) is 23.7 Å². The molecule has 0 unspecified atom stereocenters. The smallest absolute Gasteiger partial charge is 0.292 e. The van der Waals surface area contributed by atoms with Crippen LogP contribution >= 0.6 is 22.9 Å². The Labute approximate surface area is 166 Å². The summed E-state index contributed by atoms with van der Waals surface area (Å²) in [5.74, 6) is 0.446. The van der Waals surface area contributed by atoms with Crippen LogP contribution in [0.4, 0.5) is 5.00 Å². The number of aryl methyl sites for hydroxylation is 1.